The molecule has 176 valence electrons. The van der Waals surface area contributed by atoms with Crippen molar-refractivity contribution in [2.75, 3.05) is 39.3 Å². The first-order valence-electron chi connectivity index (χ1n) is 11.1. The number of benzene rings is 2. The van der Waals surface area contributed by atoms with E-state index in [-0.39, 0.29) is 23.9 Å². The molecule has 2 aliphatic heterocycles. The molecule has 0 bridgehead atoms. The Morgan fingerprint density at radius 2 is 1.64 bits per heavy atom. The standard InChI is InChI=1S/C23H28N4O5S/c28-23(25-15-13-24(14-16-25)17-19-7-2-1-3-8-19)20-9-6-12-26(18-20)33(31,32)22-11-5-4-10-21(22)27(29)30/h1-5,7-8,10-11,20H,6,9,12-18H2. The number of sulfonamides is 1. The molecule has 1 unspecified atom stereocenters. The zero-order valence-corrected chi connectivity index (χ0v) is 19.2. The highest BCUT2D eigenvalue weighted by molar-refractivity contribution is 7.89. The summed E-state index contributed by atoms with van der Waals surface area (Å²) in [6.45, 7) is 3.91. The molecule has 1 atom stereocenters. The monoisotopic (exact) mass is 472 g/mol. The fourth-order valence-electron chi connectivity index (χ4n) is 4.55. The molecule has 4 rings (SSSR count). The highest BCUT2D eigenvalue weighted by Crippen LogP contribution is 2.30. The van der Waals surface area contributed by atoms with Gasteiger partial charge in [-0.15, -0.1) is 0 Å². The van der Waals surface area contributed by atoms with Crippen LogP contribution in [-0.2, 0) is 21.4 Å². The summed E-state index contributed by atoms with van der Waals surface area (Å²) >= 11 is 0. The topological polar surface area (TPSA) is 104 Å². The number of carbonyl (C=O) groups excluding carboxylic acids is 1. The number of amides is 1. The third-order valence-electron chi connectivity index (χ3n) is 6.35. The molecule has 2 heterocycles. The van der Waals surface area contributed by atoms with E-state index in [9.17, 15) is 23.3 Å². The number of hydrogen-bond donors (Lipinski definition) is 0. The second-order valence-electron chi connectivity index (χ2n) is 8.51. The van der Waals surface area contributed by atoms with Gasteiger partial charge in [0, 0.05) is 51.9 Å². The third kappa shape index (κ3) is 5.23. The highest BCUT2D eigenvalue weighted by Gasteiger charge is 2.38. The Kier molecular flexibility index (Phi) is 7.06. The van der Waals surface area contributed by atoms with Gasteiger partial charge >= 0.3 is 0 Å². The normalized spacial score (nSPS) is 20.5. The number of nitrogens with zero attached hydrogens (tertiary/aromatic N) is 4. The third-order valence-corrected chi connectivity index (χ3v) is 8.26. The van der Waals surface area contributed by atoms with Gasteiger partial charge in [0.05, 0.1) is 10.8 Å². The first-order valence-corrected chi connectivity index (χ1v) is 12.6. The summed E-state index contributed by atoms with van der Waals surface area (Å²) in [6, 6.07) is 15.6. The van der Waals surface area contributed by atoms with Gasteiger partial charge in [0.1, 0.15) is 0 Å². The van der Waals surface area contributed by atoms with Gasteiger partial charge in [0.15, 0.2) is 4.90 Å². The summed E-state index contributed by atoms with van der Waals surface area (Å²) in [5.74, 6) is -0.464. The molecule has 0 N–H and O–H groups in total. The number of hydrogen-bond acceptors (Lipinski definition) is 6. The maximum atomic E-state index is 13.2. The first kappa shape index (κ1) is 23.3. The van der Waals surface area contributed by atoms with E-state index in [4.69, 9.17) is 0 Å². The summed E-state index contributed by atoms with van der Waals surface area (Å²) < 4.78 is 27.6. The average Bonchev–Trinajstić information content (AvgIpc) is 2.85. The molecule has 0 saturated carbocycles. The Morgan fingerprint density at radius 3 is 2.33 bits per heavy atom. The molecule has 2 aromatic rings. The number of nitro benzene ring substituents is 1. The van der Waals surface area contributed by atoms with Crippen LogP contribution in [0.15, 0.2) is 59.5 Å². The molecule has 10 heteroatoms. The minimum Gasteiger partial charge on any atom is -0.340 e. The SMILES string of the molecule is O=C(C1CCCN(S(=O)(=O)c2ccccc2[N+](=O)[O-])C1)N1CCN(Cc2ccccc2)CC1. The summed E-state index contributed by atoms with van der Waals surface area (Å²) in [7, 11) is -4.07. The van der Waals surface area contributed by atoms with Gasteiger partial charge < -0.3 is 4.90 Å². The smallest absolute Gasteiger partial charge is 0.289 e. The van der Waals surface area contributed by atoms with E-state index >= 15 is 0 Å². The van der Waals surface area contributed by atoms with Crippen molar-refractivity contribution in [1.82, 2.24) is 14.1 Å². The fraction of sp³-hybridized carbons (Fsp3) is 0.435. The van der Waals surface area contributed by atoms with Gasteiger partial charge in [-0.2, -0.15) is 4.31 Å². The largest absolute Gasteiger partial charge is 0.340 e. The lowest BCUT2D eigenvalue weighted by Gasteiger charge is -2.38. The lowest BCUT2D eigenvalue weighted by molar-refractivity contribution is -0.387. The van der Waals surface area contributed by atoms with Crippen molar-refractivity contribution in [2.45, 2.75) is 24.3 Å². The summed E-state index contributed by atoms with van der Waals surface area (Å²) in [5.41, 5.74) is 0.792. The number of piperazine rings is 1. The lowest BCUT2D eigenvalue weighted by atomic mass is 9.97. The quantitative estimate of drug-likeness (QED) is 0.472. The molecule has 0 spiro atoms. The van der Waals surface area contributed by atoms with E-state index in [2.05, 4.69) is 17.0 Å². The summed E-state index contributed by atoms with van der Waals surface area (Å²) in [6.07, 6.45) is 1.16. The Hall–Kier alpha value is -2.82. The Labute approximate surface area is 193 Å². The molecular weight excluding hydrogens is 444 g/mol. The van der Waals surface area contributed by atoms with E-state index in [1.807, 2.05) is 23.1 Å². The molecule has 33 heavy (non-hydrogen) atoms. The summed E-state index contributed by atoms with van der Waals surface area (Å²) in [5, 5.41) is 11.3. The van der Waals surface area contributed by atoms with Gasteiger partial charge in [-0.1, -0.05) is 42.5 Å². The van der Waals surface area contributed by atoms with E-state index in [1.54, 1.807) is 0 Å². The van der Waals surface area contributed by atoms with Crippen LogP contribution in [0.5, 0.6) is 0 Å². The Bertz CT molecular complexity index is 1100. The molecule has 0 aromatic heterocycles. The van der Waals surface area contributed by atoms with E-state index < -0.39 is 26.6 Å². The van der Waals surface area contributed by atoms with Gasteiger partial charge in [-0.05, 0) is 24.5 Å². The molecule has 2 saturated heterocycles. The van der Waals surface area contributed by atoms with E-state index in [1.165, 1.54) is 34.1 Å². The van der Waals surface area contributed by atoms with Crippen LogP contribution >= 0.6 is 0 Å². The van der Waals surface area contributed by atoms with Crippen molar-refractivity contribution in [3.8, 4) is 0 Å². The van der Waals surface area contributed by atoms with Crippen LogP contribution in [0.4, 0.5) is 5.69 Å². The highest BCUT2D eigenvalue weighted by atomic mass is 32.2. The van der Waals surface area contributed by atoms with Crippen LogP contribution in [0.25, 0.3) is 0 Å². The van der Waals surface area contributed by atoms with Gasteiger partial charge in [-0.3, -0.25) is 19.8 Å². The number of carbonyl (C=O) groups is 1. The molecule has 2 aromatic carbocycles. The van der Waals surface area contributed by atoms with E-state index in [0.29, 0.717) is 25.9 Å². The van der Waals surface area contributed by atoms with Crippen LogP contribution in [0.2, 0.25) is 0 Å². The molecule has 2 fully saturated rings. The molecule has 0 aliphatic carbocycles. The van der Waals surface area contributed by atoms with Crippen molar-refractivity contribution in [3.63, 3.8) is 0 Å². The van der Waals surface area contributed by atoms with Crippen molar-refractivity contribution in [2.24, 2.45) is 5.92 Å². The maximum absolute atomic E-state index is 13.2. The Morgan fingerprint density at radius 1 is 0.970 bits per heavy atom. The second-order valence-corrected chi connectivity index (χ2v) is 10.4. The van der Waals surface area contributed by atoms with Crippen LogP contribution in [0.1, 0.15) is 18.4 Å². The number of piperidine rings is 1. The fourth-order valence-corrected chi connectivity index (χ4v) is 6.23. The van der Waals surface area contributed by atoms with Crippen LogP contribution < -0.4 is 0 Å². The molecule has 1 amide bonds. The zero-order chi connectivity index (χ0) is 23.4. The van der Waals surface area contributed by atoms with Gasteiger partial charge in [0.2, 0.25) is 15.9 Å². The van der Waals surface area contributed by atoms with Crippen LogP contribution in [-0.4, -0.2) is 72.6 Å². The minimum absolute atomic E-state index is 0.0307. The van der Waals surface area contributed by atoms with Crippen LogP contribution in [0, 0.1) is 16.0 Å². The molecule has 9 nitrogen and oxygen atoms in total. The average molecular weight is 473 g/mol. The number of para-hydroxylation sites is 1. The molecule has 2 aliphatic rings. The Balaban J connectivity index is 1.39. The van der Waals surface area contributed by atoms with Gasteiger partial charge in [0.25, 0.3) is 5.69 Å². The molecular formula is C23H28N4O5S. The van der Waals surface area contributed by atoms with Gasteiger partial charge in [-0.25, -0.2) is 8.42 Å². The maximum Gasteiger partial charge on any atom is 0.289 e. The minimum atomic E-state index is -4.07. The van der Waals surface area contributed by atoms with Crippen molar-refractivity contribution in [1.29, 1.82) is 0 Å². The van der Waals surface area contributed by atoms with Crippen molar-refractivity contribution >= 4 is 21.6 Å². The molecule has 0 radical (unpaired) electrons. The van der Waals surface area contributed by atoms with Crippen molar-refractivity contribution in [3.05, 3.63) is 70.3 Å². The first-order chi connectivity index (χ1) is 15.9. The summed E-state index contributed by atoms with van der Waals surface area (Å²) in [4.78, 5) is 27.6. The predicted molar refractivity (Wildman–Crippen MR) is 123 cm³/mol. The zero-order valence-electron chi connectivity index (χ0n) is 18.4. The number of nitro groups is 1. The van der Waals surface area contributed by atoms with E-state index in [0.717, 1.165) is 19.6 Å². The lowest BCUT2D eigenvalue weighted by Crippen LogP contribution is -2.52. The van der Waals surface area contributed by atoms with Crippen LogP contribution in [0.3, 0.4) is 0 Å². The second kappa shape index (κ2) is 9.98. The van der Waals surface area contributed by atoms with Crippen molar-refractivity contribution < 1.29 is 18.1 Å². The predicted octanol–water partition coefficient (Wildman–Crippen LogP) is 2.34. The number of rotatable bonds is 6.